The van der Waals surface area contributed by atoms with Gasteiger partial charge in [-0.25, -0.2) is 4.79 Å². The summed E-state index contributed by atoms with van der Waals surface area (Å²) in [6.45, 7) is 0. The van der Waals surface area contributed by atoms with Gasteiger partial charge in [0.15, 0.2) is 5.78 Å². The molecule has 20 heavy (non-hydrogen) atoms. The van der Waals surface area contributed by atoms with E-state index in [-0.39, 0.29) is 5.56 Å². The minimum atomic E-state index is -1.56. The van der Waals surface area contributed by atoms with Crippen LogP contribution in [-0.2, 0) is 11.2 Å². The van der Waals surface area contributed by atoms with Crippen LogP contribution >= 0.6 is 0 Å². The van der Waals surface area contributed by atoms with Crippen molar-refractivity contribution in [2.75, 3.05) is 0 Å². The van der Waals surface area contributed by atoms with Gasteiger partial charge in [-0.05, 0) is 18.2 Å². The summed E-state index contributed by atoms with van der Waals surface area (Å²) < 4.78 is 5.21. The van der Waals surface area contributed by atoms with Crippen LogP contribution in [0, 0.1) is 0 Å². The summed E-state index contributed by atoms with van der Waals surface area (Å²) in [6.07, 6.45) is 3.92. The van der Waals surface area contributed by atoms with Crippen LogP contribution in [0.4, 0.5) is 0 Å². The Hall–Kier alpha value is -2.89. The molecule has 6 heteroatoms. The summed E-state index contributed by atoms with van der Waals surface area (Å²) in [5.74, 6) is -2.69. The zero-order valence-corrected chi connectivity index (χ0v) is 10.3. The Bertz CT molecular complexity index is 657. The Balaban J connectivity index is 2.11. The van der Waals surface area contributed by atoms with Crippen molar-refractivity contribution in [2.45, 2.75) is 6.42 Å². The number of hydrogen-bond acceptors (Lipinski definition) is 5. The van der Waals surface area contributed by atoms with Crippen LogP contribution in [0.2, 0.25) is 0 Å². The molecule has 2 aromatic rings. The van der Waals surface area contributed by atoms with Gasteiger partial charge in [0.2, 0.25) is 5.76 Å². The highest BCUT2D eigenvalue weighted by Crippen LogP contribution is 2.13. The number of allylic oxidation sites excluding steroid dienone is 1. The SMILES string of the molecule is O=C(O)/C(O)=C/C(=O)c1coc(Cc2ccccn2)c1. The molecule has 0 aliphatic carbocycles. The topological polar surface area (TPSA) is 101 Å². The molecule has 0 aromatic carbocycles. The van der Waals surface area contributed by atoms with Gasteiger partial charge in [0.25, 0.3) is 0 Å². The zero-order valence-electron chi connectivity index (χ0n) is 10.3. The molecule has 0 radical (unpaired) electrons. The fourth-order valence-corrected chi connectivity index (χ4v) is 1.55. The number of aliphatic carboxylic acids is 1. The van der Waals surface area contributed by atoms with Gasteiger partial charge in [0.1, 0.15) is 12.0 Å². The maximum Gasteiger partial charge on any atom is 0.371 e. The molecule has 0 atom stereocenters. The maximum atomic E-state index is 11.6. The monoisotopic (exact) mass is 273 g/mol. The first kappa shape index (κ1) is 13.5. The van der Waals surface area contributed by atoms with E-state index in [4.69, 9.17) is 14.6 Å². The first-order valence-electron chi connectivity index (χ1n) is 5.72. The van der Waals surface area contributed by atoms with Crippen molar-refractivity contribution in [3.8, 4) is 0 Å². The van der Waals surface area contributed by atoms with E-state index >= 15 is 0 Å². The van der Waals surface area contributed by atoms with Crippen molar-refractivity contribution in [1.82, 2.24) is 4.98 Å². The lowest BCUT2D eigenvalue weighted by Gasteiger charge is -1.95. The quantitative estimate of drug-likeness (QED) is 0.490. The Morgan fingerprint density at radius 3 is 2.75 bits per heavy atom. The summed E-state index contributed by atoms with van der Waals surface area (Å²) in [5.41, 5.74) is 0.952. The van der Waals surface area contributed by atoms with Crippen molar-refractivity contribution in [3.05, 3.63) is 65.6 Å². The average molecular weight is 273 g/mol. The summed E-state index contributed by atoms with van der Waals surface area (Å²) in [5, 5.41) is 17.5. The van der Waals surface area contributed by atoms with Crippen molar-refractivity contribution in [3.63, 3.8) is 0 Å². The maximum absolute atomic E-state index is 11.6. The van der Waals surface area contributed by atoms with Crippen LogP contribution in [0.25, 0.3) is 0 Å². The molecule has 0 spiro atoms. The van der Waals surface area contributed by atoms with Crippen LogP contribution in [0.5, 0.6) is 0 Å². The molecule has 0 unspecified atom stereocenters. The molecule has 0 aliphatic rings. The second-order valence-corrected chi connectivity index (χ2v) is 4.00. The minimum Gasteiger partial charge on any atom is -0.502 e. The smallest absolute Gasteiger partial charge is 0.371 e. The van der Waals surface area contributed by atoms with E-state index in [1.165, 1.54) is 12.3 Å². The van der Waals surface area contributed by atoms with Crippen LogP contribution in [0.15, 0.2) is 53.0 Å². The zero-order chi connectivity index (χ0) is 14.5. The van der Waals surface area contributed by atoms with E-state index in [1.54, 1.807) is 12.3 Å². The number of carbonyl (C=O) groups excluding carboxylic acids is 1. The third-order valence-corrected chi connectivity index (χ3v) is 2.51. The predicted octanol–water partition coefficient (Wildman–Crippen LogP) is 1.97. The van der Waals surface area contributed by atoms with E-state index in [0.717, 1.165) is 5.69 Å². The first-order chi connectivity index (χ1) is 9.56. The second kappa shape index (κ2) is 5.83. The van der Waals surface area contributed by atoms with E-state index in [9.17, 15) is 9.59 Å². The van der Waals surface area contributed by atoms with Crippen LogP contribution in [0.3, 0.4) is 0 Å². The molecule has 2 heterocycles. The number of ketones is 1. The van der Waals surface area contributed by atoms with Crippen molar-refractivity contribution in [2.24, 2.45) is 0 Å². The number of carboxylic acids is 1. The fraction of sp³-hybridized carbons (Fsp3) is 0.0714. The van der Waals surface area contributed by atoms with Crippen LogP contribution in [0.1, 0.15) is 21.8 Å². The molecular weight excluding hydrogens is 262 g/mol. The number of carboxylic acid groups (broad SMARTS) is 1. The molecule has 0 aliphatic heterocycles. The van der Waals surface area contributed by atoms with Gasteiger partial charge in [-0.15, -0.1) is 0 Å². The Kier molecular flexibility index (Phi) is 3.95. The molecule has 0 saturated carbocycles. The molecule has 6 nitrogen and oxygen atoms in total. The molecule has 0 saturated heterocycles. The standard InChI is InChI=1S/C14H11NO5/c16-12(7-13(17)14(18)19)9-5-11(20-8-9)6-10-3-1-2-4-15-10/h1-5,7-8,17H,6H2,(H,18,19)/b13-7-. The third-order valence-electron chi connectivity index (χ3n) is 2.51. The van der Waals surface area contributed by atoms with Gasteiger partial charge in [-0.3, -0.25) is 9.78 Å². The number of aliphatic hydroxyl groups excluding tert-OH is 1. The number of rotatable bonds is 5. The third kappa shape index (κ3) is 3.32. The van der Waals surface area contributed by atoms with Gasteiger partial charge >= 0.3 is 5.97 Å². The average Bonchev–Trinajstić information content (AvgIpc) is 2.88. The van der Waals surface area contributed by atoms with Crippen molar-refractivity contribution >= 4 is 11.8 Å². The number of hydrogen-bond donors (Lipinski definition) is 2. The van der Waals surface area contributed by atoms with Gasteiger partial charge in [-0.1, -0.05) is 6.07 Å². The molecule has 2 aromatic heterocycles. The summed E-state index contributed by atoms with van der Waals surface area (Å²) in [4.78, 5) is 26.2. The Morgan fingerprint density at radius 2 is 2.10 bits per heavy atom. The number of furan rings is 1. The molecule has 0 amide bonds. The van der Waals surface area contributed by atoms with Crippen LogP contribution < -0.4 is 0 Å². The number of aromatic nitrogens is 1. The molecule has 0 fully saturated rings. The lowest BCUT2D eigenvalue weighted by Crippen LogP contribution is -2.03. The van der Waals surface area contributed by atoms with E-state index in [1.807, 2.05) is 12.1 Å². The van der Waals surface area contributed by atoms with Gasteiger partial charge in [0.05, 0.1) is 5.56 Å². The van der Waals surface area contributed by atoms with Crippen molar-refractivity contribution in [1.29, 1.82) is 0 Å². The van der Waals surface area contributed by atoms with Crippen LogP contribution in [-0.4, -0.2) is 26.9 Å². The highest BCUT2D eigenvalue weighted by Gasteiger charge is 2.12. The van der Waals surface area contributed by atoms with Crippen molar-refractivity contribution < 1.29 is 24.2 Å². The lowest BCUT2D eigenvalue weighted by molar-refractivity contribution is -0.135. The number of aliphatic hydroxyl groups is 1. The first-order valence-corrected chi connectivity index (χ1v) is 5.72. The number of nitrogens with zero attached hydrogens (tertiary/aromatic N) is 1. The highest BCUT2D eigenvalue weighted by atomic mass is 16.4. The van der Waals surface area contributed by atoms with Gasteiger partial charge in [-0.2, -0.15) is 0 Å². The Labute approximate surface area is 114 Å². The summed E-state index contributed by atoms with van der Waals surface area (Å²) in [6, 6.07) is 6.94. The second-order valence-electron chi connectivity index (χ2n) is 4.00. The molecule has 102 valence electrons. The highest BCUT2D eigenvalue weighted by molar-refractivity contribution is 6.07. The van der Waals surface area contributed by atoms with Gasteiger partial charge in [0, 0.05) is 24.4 Å². The Morgan fingerprint density at radius 1 is 1.30 bits per heavy atom. The fourth-order valence-electron chi connectivity index (χ4n) is 1.55. The molecule has 2 rings (SSSR count). The number of pyridine rings is 1. The largest absolute Gasteiger partial charge is 0.502 e. The minimum absolute atomic E-state index is 0.170. The van der Waals surface area contributed by atoms with E-state index in [0.29, 0.717) is 18.3 Å². The van der Waals surface area contributed by atoms with E-state index in [2.05, 4.69) is 4.98 Å². The summed E-state index contributed by atoms with van der Waals surface area (Å²) >= 11 is 0. The van der Waals surface area contributed by atoms with E-state index < -0.39 is 17.5 Å². The number of carbonyl (C=O) groups is 2. The normalized spacial score (nSPS) is 11.3. The predicted molar refractivity (Wildman–Crippen MR) is 68.4 cm³/mol. The van der Waals surface area contributed by atoms with Gasteiger partial charge < -0.3 is 14.6 Å². The molecular formula is C14H11NO5. The molecule has 2 N–H and O–H groups in total. The molecule has 0 bridgehead atoms. The summed E-state index contributed by atoms with van der Waals surface area (Å²) in [7, 11) is 0. The lowest BCUT2D eigenvalue weighted by atomic mass is 10.1.